The molecule has 0 fully saturated rings. The van der Waals surface area contributed by atoms with Crippen molar-refractivity contribution in [2.75, 3.05) is 20.8 Å². The van der Waals surface area contributed by atoms with E-state index in [4.69, 9.17) is 14.6 Å². The SMILES string of the molecule is COc1ccc(/C=C\C(=O)NCCc2ccc(S(N)(=O)=O)cc2)cc1OC. The first-order valence-corrected chi connectivity index (χ1v) is 9.68. The van der Waals surface area contributed by atoms with Crippen LogP contribution in [0.1, 0.15) is 11.1 Å². The topological polar surface area (TPSA) is 108 Å². The van der Waals surface area contributed by atoms with Gasteiger partial charge in [-0.05, 0) is 47.9 Å². The maximum Gasteiger partial charge on any atom is 0.244 e. The molecule has 0 heterocycles. The van der Waals surface area contributed by atoms with Crippen LogP contribution in [0.15, 0.2) is 53.4 Å². The number of hydrogen-bond donors (Lipinski definition) is 2. The number of sulfonamides is 1. The molecule has 8 heteroatoms. The van der Waals surface area contributed by atoms with Crippen LogP contribution < -0.4 is 19.9 Å². The van der Waals surface area contributed by atoms with Gasteiger partial charge in [0, 0.05) is 12.6 Å². The van der Waals surface area contributed by atoms with Crippen molar-refractivity contribution in [1.29, 1.82) is 0 Å². The number of rotatable bonds is 8. The molecule has 0 spiro atoms. The van der Waals surface area contributed by atoms with Crippen molar-refractivity contribution in [2.24, 2.45) is 5.14 Å². The molecule has 0 aliphatic rings. The molecule has 0 aliphatic carbocycles. The standard InChI is InChI=1S/C19H22N2O5S/c1-25-17-9-5-15(13-18(17)26-2)6-10-19(22)21-12-11-14-3-7-16(8-4-14)27(20,23)24/h3-10,13H,11-12H2,1-2H3,(H,21,22)(H2,20,23,24)/b10-6-. The van der Waals surface area contributed by atoms with Crippen LogP contribution in [-0.4, -0.2) is 35.1 Å². The second kappa shape index (κ2) is 9.20. The average molecular weight is 390 g/mol. The van der Waals surface area contributed by atoms with Crippen LogP contribution in [0.5, 0.6) is 11.5 Å². The molecule has 0 unspecified atom stereocenters. The zero-order valence-corrected chi connectivity index (χ0v) is 16.0. The molecule has 0 saturated carbocycles. The lowest BCUT2D eigenvalue weighted by molar-refractivity contribution is -0.116. The fourth-order valence-corrected chi connectivity index (χ4v) is 2.88. The fraction of sp³-hybridized carbons (Fsp3) is 0.211. The van der Waals surface area contributed by atoms with E-state index in [1.54, 1.807) is 44.6 Å². The Morgan fingerprint density at radius 1 is 1.07 bits per heavy atom. The number of carbonyl (C=O) groups excluding carboxylic acids is 1. The maximum atomic E-state index is 11.9. The van der Waals surface area contributed by atoms with Crippen LogP contribution in [0.4, 0.5) is 0 Å². The van der Waals surface area contributed by atoms with Gasteiger partial charge in [-0.2, -0.15) is 0 Å². The minimum absolute atomic E-state index is 0.0631. The van der Waals surface area contributed by atoms with Crippen molar-refractivity contribution in [3.05, 3.63) is 59.7 Å². The van der Waals surface area contributed by atoms with E-state index in [1.165, 1.54) is 18.2 Å². The first kappa shape index (κ1) is 20.5. The number of amides is 1. The van der Waals surface area contributed by atoms with Crippen molar-refractivity contribution >= 4 is 22.0 Å². The fourth-order valence-electron chi connectivity index (χ4n) is 2.36. The van der Waals surface area contributed by atoms with Gasteiger partial charge >= 0.3 is 0 Å². The molecule has 0 radical (unpaired) electrons. The van der Waals surface area contributed by atoms with Crippen molar-refractivity contribution in [2.45, 2.75) is 11.3 Å². The summed E-state index contributed by atoms with van der Waals surface area (Å²) in [4.78, 5) is 12.0. The Bertz CT molecular complexity index is 922. The van der Waals surface area contributed by atoms with Crippen LogP contribution >= 0.6 is 0 Å². The maximum absolute atomic E-state index is 11.9. The summed E-state index contributed by atoms with van der Waals surface area (Å²) in [6.07, 6.45) is 3.68. The van der Waals surface area contributed by atoms with Crippen molar-refractivity contribution < 1.29 is 22.7 Å². The van der Waals surface area contributed by atoms with E-state index in [0.29, 0.717) is 24.5 Å². The number of nitrogens with one attached hydrogen (secondary N) is 1. The molecule has 144 valence electrons. The lowest BCUT2D eigenvalue weighted by Gasteiger charge is -2.07. The second-order valence-electron chi connectivity index (χ2n) is 5.68. The number of carbonyl (C=O) groups is 1. The van der Waals surface area contributed by atoms with E-state index in [2.05, 4.69) is 5.32 Å². The minimum Gasteiger partial charge on any atom is -0.493 e. The smallest absolute Gasteiger partial charge is 0.244 e. The molecule has 7 nitrogen and oxygen atoms in total. The first-order valence-electron chi connectivity index (χ1n) is 8.13. The molecular weight excluding hydrogens is 368 g/mol. The lowest BCUT2D eigenvalue weighted by Crippen LogP contribution is -2.23. The van der Waals surface area contributed by atoms with Crippen LogP contribution in [0.3, 0.4) is 0 Å². The summed E-state index contributed by atoms with van der Waals surface area (Å²) in [6.45, 7) is 0.420. The van der Waals surface area contributed by atoms with E-state index < -0.39 is 10.0 Å². The van der Waals surface area contributed by atoms with E-state index in [9.17, 15) is 13.2 Å². The third-order valence-corrected chi connectivity index (χ3v) is 4.73. The van der Waals surface area contributed by atoms with Crippen LogP contribution in [-0.2, 0) is 21.2 Å². The number of benzene rings is 2. The second-order valence-corrected chi connectivity index (χ2v) is 7.24. The van der Waals surface area contributed by atoms with Gasteiger partial charge in [0.15, 0.2) is 11.5 Å². The molecule has 0 bridgehead atoms. The van der Waals surface area contributed by atoms with Crippen LogP contribution in [0, 0.1) is 0 Å². The van der Waals surface area contributed by atoms with Gasteiger partial charge in [0.2, 0.25) is 15.9 Å². The minimum atomic E-state index is -3.69. The summed E-state index contributed by atoms with van der Waals surface area (Å²) >= 11 is 0. The zero-order valence-electron chi connectivity index (χ0n) is 15.1. The average Bonchev–Trinajstić information content (AvgIpc) is 2.65. The summed E-state index contributed by atoms with van der Waals surface area (Å²) in [5.74, 6) is 0.974. The zero-order chi connectivity index (χ0) is 19.9. The van der Waals surface area contributed by atoms with E-state index in [1.807, 2.05) is 6.07 Å². The molecule has 0 aliphatic heterocycles. The van der Waals surface area contributed by atoms with E-state index in [0.717, 1.165) is 11.1 Å². The van der Waals surface area contributed by atoms with Gasteiger partial charge < -0.3 is 14.8 Å². The van der Waals surface area contributed by atoms with Crippen molar-refractivity contribution in [1.82, 2.24) is 5.32 Å². The van der Waals surface area contributed by atoms with Crippen LogP contribution in [0.2, 0.25) is 0 Å². The molecule has 2 aromatic carbocycles. The molecule has 0 saturated heterocycles. The molecule has 27 heavy (non-hydrogen) atoms. The van der Waals surface area contributed by atoms with E-state index >= 15 is 0 Å². The van der Waals surface area contributed by atoms with Gasteiger partial charge in [0.25, 0.3) is 0 Å². The highest BCUT2D eigenvalue weighted by Crippen LogP contribution is 2.27. The van der Waals surface area contributed by atoms with Gasteiger partial charge in [-0.15, -0.1) is 0 Å². The third kappa shape index (κ3) is 6.12. The number of primary sulfonamides is 1. The van der Waals surface area contributed by atoms with Gasteiger partial charge in [-0.1, -0.05) is 18.2 Å². The Morgan fingerprint density at radius 2 is 1.74 bits per heavy atom. The quantitative estimate of drug-likeness (QED) is 0.668. The molecule has 3 N–H and O–H groups in total. The number of nitrogens with two attached hydrogens (primary N) is 1. The third-order valence-electron chi connectivity index (χ3n) is 3.80. The van der Waals surface area contributed by atoms with Gasteiger partial charge in [0.1, 0.15) is 0 Å². The summed E-state index contributed by atoms with van der Waals surface area (Å²) in [6, 6.07) is 11.6. The molecular formula is C19H22N2O5S. The highest BCUT2D eigenvalue weighted by Gasteiger charge is 2.07. The summed E-state index contributed by atoms with van der Waals surface area (Å²) in [5.41, 5.74) is 1.70. The first-order chi connectivity index (χ1) is 12.8. The Balaban J connectivity index is 1.86. The van der Waals surface area contributed by atoms with Gasteiger partial charge in [-0.25, -0.2) is 13.6 Å². The van der Waals surface area contributed by atoms with Crippen LogP contribution in [0.25, 0.3) is 6.08 Å². The van der Waals surface area contributed by atoms with Crippen molar-refractivity contribution in [3.8, 4) is 11.5 Å². The Labute approximate surface area is 158 Å². The highest BCUT2D eigenvalue weighted by molar-refractivity contribution is 7.89. The number of hydrogen-bond acceptors (Lipinski definition) is 5. The Hall–Kier alpha value is -2.84. The van der Waals surface area contributed by atoms with Gasteiger partial charge in [-0.3, -0.25) is 4.79 Å². The molecule has 2 aromatic rings. The van der Waals surface area contributed by atoms with E-state index in [-0.39, 0.29) is 10.8 Å². The largest absolute Gasteiger partial charge is 0.493 e. The predicted molar refractivity (Wildman–Crippen MR) is 103 cm³/mol. The predicted octanol–water partition coefficient (Wildman–Crippen LogP) is 1.72. The molecule has 0 atom stereocenters. The summed E-state index contributed by atoms with van der Waals surface area (Å²) in [5, 5.41) is 7.83. The Kier molecular flexibility index (Phi) is 6.98. The normalized spacial score (nSPS) is 11.4. The van der Waals surface area contributed by atoms with Gasteiger partial charge in [0.05, 0.1) is 19.1 Å². The number of ether oxygens (including phenoxy) is 2. The Morgan fingerprint density at radius 3 is 2.33 bits per heavy atom. The summed E-state index contributed by atoms with van der Waals surface area (Å²) < 4.78 is 32.8. The number of methoxy groups -OCH3 is 2. The molecule has 2 rings (SSSR count). The molecule has 1 amide bonds. The van der Waals surface area contributed by atoms with Crippen molar-refractivity contribution in [3.63, 3.8) is 0 Å². The highest BCUT2D eigenvalue weighted by atomic mass is 32.2. The lowest BCUT2D eigenvalue weighted by atomic mass is 10.1. The summed E-state index contributed by atoms with van der Waals surface area (Å²) in [7, 11) is -0.585. The monoisotopic (exact) mass is 390 g/mol. The molecule has 0 aromatic heterocycles.